The largest absolute Gasteiger partial charge is 0.383 e. The maximum Gasteiger partial charge on any atom is 0.113 e. The van der Waals surface area contributed by atoms with Gasteiger partial charge in [-0.25, -0.2) is 0 Å². The van der Waals surface area contributed by atoms with Gasteiger partial charge in [-0.15, -0.1) is 11.3 Å². The van der Waals surface area contributed by atoms with E-state index in [1.807, 2.05) is 0 Å². The molecule has 0 aliphatic rings. The highest BCUT2D eigenvalue weighted by Gasteiger charge is 2.16. The molecule has 0 bridgehead atoms. The quantitative estimate of drug-likeness (QED) is 0.850. The fraction of sp³-hybridized carbons (Fsp3) is 0.412. The van der Waals surface area contributed by atoms with Crippen LogP contribution in [-0.4, -0.2) is 5.11 Å². The van der Waals surface area contributed by atoms with E-state index in [0.717, 1.165) is 29.7 Å². The summed E-state index contributed by atoms with van der Waals surface area (Å²) >= 11 is 1.72. The zero-order valence-corrected chi connectivity index (χ0v) is 12.8. The Morgan fingerprint density at radius 2 is 1.79 bits per heavy atom. The SMILES string of the molecule is CCc1ccc(CC)c(C(O)c2ccc(CC)s2)c1. The average Bonchev–Trinajstić information content (AvgIpc) is 2.94. The van der Waals surface area contributed by atoms with Crippen LogP contribution >= 0.6 is 11.3 Å². The molecule has 0 radical (unpaired) electrons. The van der Waals surface area contributed by atoms with Crippen LogP contribution in [0.3, 0.4) is 0 Å². The third kappa shape index (κ3) is 3.07. The van der Waals surface area contributed by atoms with Crippen molar-refractivity contribution in [3.8, 4) is 0 Å². The lowest BCUT2D eigenvalue weighted by molar-refractivity contribution is 0.223. The highest BCUT2D eigenvalue weighted by Crippen LogP contribution is 2.31. The topological polar surface area (TPSA) is 20.2 Å². The number of thiophene rings is 1. The van der Waals surface area contributed by atoms with Gasteiger partial charge in [-0.2, -0.15) is 0 Å². The molecule has 0 spiro atoms. The van der Waals surface area contributed by atoms with Crippen LogP contribution in [0.2, 0.25) is 0 Å². The highest BCUT2D eigenvalue weighted by atomic mass is 32.1. The lowest BCUT2D eigenvalue weighted by atomic mass is 9.96. The van der Waals surface area contributed by atoms with Gasteiger partial charge in [-0.3, -0.25) is 0 Å². The minimum absolute atomic E-state index is 0.480. The minimum Gasteiger partial charge on any atom is -0.383 e. The van der Waals surface area contributed by atoms with Crippen LogP contribution in [0.15, 0.2) is 30.3 Å². The first-order chi connectivity index (χ1) is 9.19. The van der Waals surface area contributed by atoms with Gasteiger partial charge < -0.3 is 5.11 Å². The second kappa shape index (κ2) is 6.36. The van der Waals surface area contributed by atoms with E-state index in [9.17, 15) is 5.11 Å². The van der Waals surface area contributed by atoms with Crippen LogP contribution in [0.1, 0.15) is 53.3 Å². The van der Waals surface area contributed by atoms with Gasteiger partial charge in [0.05, 0.1) is 0 Å². The molecule has 1 unspecified atom stereocenters. The summed E-state index contributed by atoms with van der Waals surface area (Å²) in [4.78, 5) is 2.39. The first-order valence-corrected chi connectivity index (χ1v) is 7.89. The molecular formula is C17H22OS. The molecule has 1 atom stereocenters. The molecule has 1 N–H and O–H groups in total. The summed E-state index contributed by atoms with van der Waals surface area (Å²) in [5.41, 5.74) is 3.61. The summed E-state index contributed by atoms with van der Waals surface area (Å²) in [5.74, 6) is 0. The maximum atomic E-state index is 10.6. The van der Waals surface area contributed by atoms with Gasteiger partial charge in [-0.05, 0) is 48.1 Å². The van der Waals surface area contributed by atoms with Gasteiger partial charge in [0, 0.05) is 9.75 Å². The summed E-state index contributed by atoms with van der Waals surface area (Å²) in [6, 6.07) is 10.7. The van der Waals surface area contributed by atoms with Crippen LogP contribution in [0, 0.1) is 0 Å². The van der Waals surface area contributed by atoms with E-state index in [1.54, 1.807) is 11.3 Å². The minimum atomic E-state index is -0.480. The van der Waals surface area contributed by atoms with E-state index in [0.29, 0.717) is 0 Å². The van der Waals surface area contributed by atoms with E-state index in [4.69, 9.17) is 0 Å². The van der Waals surface area contributed by atoms with Crippen molar-refractivity contribution < 1.29 is 5.11 Å². The predicted octanol–water partition coefficient (Wildman–Crippen LogP) is 4.52. The Labute approximate surface area is 119 Å². The van der Waals surface area contributed by atoms with Crippen LogP contribution in [0.5, 0.6) is 0 Å². The first-order valence-electron chi connectivity index (χ1n) is 7.07. The molecule has 1 aromatic carbocycles. The van der Waals surface area contributed by atoms with E-state index in [1.165, 1.54) is 16.0 Å². The summed E-state index contributed by atoms with van der Waals surface area (Å²) in [6.45, 7) is 6.44. The van der Waals surface area contributed by atoms with E-state index < -0.39 is 6.10 Å². The Morgan fingerprint density at radius 3 is 2.37 bits per heavy atom. The zero-order valence-electron chi connectivity index (χ0n) is 11.9. The number of hydrogen-bond acceptors (Lipinski definition) is 2. The van der Waals surface area contributed by atoms with Crippen LogP contribution in [0.4, 0.5) is 0 Å². The maximum absolute atomic E-state index is 10.6. The standard InChI is InChI=1S/C17H22OS/c1-4-12-7-8-13(5-2)15(11-12)17(18)16-10-9-14(6-3)19-16/h7-11,17-18H,4-6H2,1-3H3. The molecule has 1 nitrogen and oxygen atoms in total. The molecule has 2 rings (SSSR count). The third-order valence-corrected chi connectivity index (χ3v) is 4.88. The van der Waals surface area contributed by atoms with Crippen LogP contribution < -0.4 is 0 Å². The van der Waals surface area contributed by atoms with Gasteiger partial charge in [0.2, 0.25) is 0 Å². The van der Waals surface area contributed by atoms with Gasteiger partial charge in [0.25, 0.3) is 0 Å². The molecule has 0 aliphatic heterocycles. The summed E-state index contributed by atoms with van der Waals surface area (Å²) in [7, 11) is 0. The fourth-order valence-corrected chi connectivity index (χ4v) is 3.28. The fourth-order valence-electron chi connectivity index (χ4n) is 2.33. The van der Waals surface area contributed by atoms with Crippen molar-refractivity contribution in [1.29, 1.82) is 0 Å². The van der Waals surface area contributed by atoms with E-state index in [2.05, 4.69) is 51.1 Å². The molecule has 102 valence electrons. The number of benzene rings is 1. The normalized spacial score (nSPS) is 12.6. The molecule has 0 amide bonds. The van der Waals surface area contributed by atoms with E-state index in [-0.39, 0.29) is 0 Å². The number of aliphatic hydroxyl groups is 1. The monoisotopic (exact) mass is 274 g/mol. The number of aryl methyl sites for hydroxylation is 3. The molecule has 0 aliphatic carbocycles. The average molecular weight is 274 g/mol. The third-order valence-electron chi connectivity index (χ3n) is 3.59. The number of aliphatic hydroxyl groups excluding tert-OH is 1. The molecule has 0 fully saturated rings. The van der Waals surface area contributed by atoms with Crippen molar-refractivity contribution in [1.82, 2.24) is 0 Å². The second-order valence-electron chi connectivity index (χ2n) is 4.80. The van der Waals surface area contributed by atoms with E-state index >= 15 is 0 Å². The van der Waals surface area contributed by atoms with Crippen molar-refractivity contribution >= 4 is 11.3 Å². The lowest BCUT2D eigenvalue weighted by Crippen LogP contribution is -2.03. The van der Waals surface area contributed by atoms with Crippen molar-refractivity contribution in [2.75, 3.05) is 0 Å². The number of hydrogen-bond donors (Lipinski definition) is 1. The number of rotatable bonds is 5. The molecule has 1 heterocycles. The van der Waals surface area contributed by atoms with Crippen LogP contribution in [0.25, 0.3) is 0 Å². The molecule has 19 heavy (non-hydrogen) atoms. The van der Waals surface area contributed by atoms with Crippen LogP contribution in [-0.2, 0) is 19.3 Å². The van der Waals surface area contributed by atoms with Gasteiger partial charge in [0.15, 0.2) is 0 Å². The Morgan fingerprint density at radius 1 is 1.00 bits per heavy atom. The highest BCUT2D eigenvalue weighted by molar-refractivity contribution is 7.12. The van der Waals surface area contributed by atoms with Gasteiger partial charge in [-0.1, -0.05) is 39.0 Å². The molecule has 0 saturated heterocycles. The molecular weight excluding hydrogens is 252 g/mol. The Balaban J connectivity index is 2.38. The van der Waals surface area contributed by atoms with Crippen molar-refractivity contribution in [3.63, 3.8) is 0 Å². The first kappa shape index (κ1) is 14.3. The Kier molecular flexibility index (Phi) is 4.78. The zero-order chi connectivity index (χ0) is 13.8. The molecule has 2 aromatic rings. The smallest absolute Gasteiger partial charge is 0.113 e. The lowest BCUT2D eigenvalue weighted by Gasteiger charge is -2.15. The molecule has 0 saturated carbocycles. The Bertz CT molecular complexity index is 542. The van der Waals surface area contributed by atoms with Crippen molar-refractivity contribution in [2.45, 2.75) is 46.1 Å². The summed E-state index contributed by atoms with van der Waals surface area (Å²) < 4.78 is 0. The van der Waals surface area contributed by atoms with Crippen molar-refractivity contribution in [3.05, 3.63) is 56.8 Å². The predicted molar refractivity (Wildman–Crippen MR) is 83.0 cm³/mol. The summed E-state index contributed by atoms with van der Waals surface area (Å²) in [6.07, 6.45) is 2.52. The van der Waals surface area contributed by atoms with Crippen molar-refractivity contribution in [2.24, 2.45) is 0 Å². The van der Waals surface area contributed by atoms with Gasteiger partial charge in [0.1, 0.15) is 6.10 Å². The second-order valence-corrected chi connectivity index (χ2v) is 6.00. The van der Waals surface area contributed by atoms with Gasteiger partial charge >= 0.3 is 0 Å². The Hall–Kier alpha value is -1.12. The molecule has 2 heteroatoms. The summed E-state index contributed by atoms with van der Waals surface area (Å²) in [5, 5.41) is 10.6. The molecule has 1 aromatic heterocycles.